The molecule has 1 saturated heterocycles. The third-order valence-corrected chi connectivity index (χ3v) is 8.08. The highest BCUT2D eigenvalue weighted by atomic mass is 35.5. The topological polar surface area (TPSA) is 57.7 Å². The third kappa shape index (κ3) is 4.28. The van der Waals surface area contributed by atoms with Gasteiger partial charge in [-0.15, -0.1) is 11.3 Å². The van der Waals surface area contributed by atoms with Gasteiger partial charge in [0.2, 0.25) is 5.91 Å². The van der Waals surface area contributed by atoms with Gasteiger partial charge < -0.3 is 4.90 Å². The molecule has 5 nitrogen and oxygen atoms in total. The zero-order chi connectivity index (χ0) is 18.7. The molecule has 1 fully saturated rings. The van der Waals surface area contributed by atoms with Crippen LogP contribution in [0.4, 0.5) is 0 Å². The molecule has 2 heterocycles. The third-order valence-electron chi connectivity index (χ3n) is 4.58. The van der Waals surface area contributed by atoms with Crippen LogP contribution in [0.25, 0.3) is 0 Å². The molecule has 0 aliphatic carbocycles. The van der Waals surface area contributed by atoms with E-state index in [0.717, 1.165) is 5.56 Å². The van der Waals surface area contributed by atoms with E-state index in [1.807, 2.05) is 18.2 Å². The Bertz CT molecular complexity index is 860. The summed E-state index contributed by atoms with van der Waals surface area (Å²) in [5.41, 5.74) is 0.978. The summed E-state index contributed by atoms with van der Waals surface area (Å²) in [5, 5.41) is 2.41. The average Bonchev–Trinajstić information content (AvgIpc) is 3.17. The lowest BCUT2D eigenvalue weighted by molar-refractivity contribution is -0.135. The van der Waals surface area contributed by atoms with Gasteiger partial charge in [-0.05, 0) is 42.0 Å². The van der Waals surface area contributed by atoms with E-state index < -0.39 is 10.0 Å². The number of nitrogens with zero attached hydrogens (tertiary/aromatic N) is 2. The predicted molar refractivity (Wildman–Crippen MR) is 104 cm³/mol. The number of thiophene rings is 1. The van der Waals surface area contributed by atoms with Crippen molar-refractivity contribution in [2.75, 3.05) is 20.1 Å². The second-order valence-corrected chi connectivity index (χ2v) is 9.98. The standard InChI is InChI=1S/C18H21ClN2O3S2/c1-20(13-14-4-2-5-16(19)12-14)18(22)15-7-9-21(10-8-15)26(23,24)17-6-3-11-25-17/h2-6,11-12,15H,7-10,13H2,1H3. The molecule has 26 heavy (non-hydrogen) atoms. The second-order valence-electron chi connectivity index (χ2n) is 6.43. The van der Waals surface area contributed by atoms with Gasteiger partial charge >= 0.3 is 0 Å². The van der Waals surface area contributed by atoms with Crippen molar-refractivity contribution in [1.29, 1.82) is 0 Å². The van der Waals surface area contributed by atoms with Crippen LogP contribution < -0.4 is 0 Å². The normalized spacial score (nSPS) is 16.5. The number of hydrogen-bond acceptors (Lipinski definition) is 4. The molecule has 1 aliphatic rings. The van der Waals surface area contributed by atoms with Crippen LogP contribution in [0.5, 0.6) is 0 Å². The van der Waals surface area contributed by atoms with E-state index in [2.05, 4.69) is 0 Å². The van der Waals surface area contributed by atoms with E-state index in [0.29, 0.717) is 41.7 Å². The molecular weight excluding hydrogens is 392 g/mol. The summed E-state index contributed by atoms with van der Waals surface area (Å²) in [6.45, 7) is 1.25. The molecule has 1 aliphatic heterocycles. The average molecular weight is 413 g/mol. The number of carbonyl (C=O) groups excluding carboxylic acids is 1. The maximum atomic E-state index is 12.7. The smallest absolute Gasteiger partial charge is 0.252 e. The molecule has 0 atom stereocenters. The first-order valence-corrected chi connectivity index (χ1v) is 11.1. The van der Waals surface area contributed by atoms with E-state index in [9.17, 15) is 13.2 Å². The van der Waals surface area contributed by atoms with Crippen molar-refractivity contribution < 1.29 is 13.2 Å². The molecule has 1 aromatic carbocycles. The number of carbonyl (C=O) groups is 1. The number of piperidine rings is 1. The zero-order valence-corrected chi connectivity index (χ0v) is 16.9. The van der Waals surface area contributed by atoms with Crippen LogP contribution in [0.15, 0.2) is 46.0 Å². The van der Waals surface area contributed by atoms with Crippen LogP contribution in [0.2, 0.25) is 5.02 Å². The lowest BCUT2D eigenvalue weighted by atomic mass is 9.96. The Labute approximate surface area is 163 Å². The molecule has 0 radical (unpaired) electrons. The van der Waals surface area contributed by atoms with Crippen molar-refractivity contribution in [3.05, 3.63) is 52.4 Å². The first kappa shape index (κ1) is 19.4. The highest BCUT2D eigenvalue weighted by Crippen LogP contribution is 2.27. The molecule has 0 N–H and O–H groups in total. The van der Waals surface area contributed by atoms with Crippen LogP contribution in [-0.4, -0.2) is 43.7 Å². The highest BCUT2D eigenvalue weighted by molar-refractivity contribution is 7.91. The Morgan fingerprint density at radius 3 is 2.62 bits per heavy atom. The van der Waals surface area contributed by atoms with Crippen molar-refractivity contribution in [1.82, 2.24) is 9.21 Å². The maximum Gasteiger partial charge on any atom is 0.252 e. The molecule has 8 heteroatoms. The summed E-state index contributed by atoms with van der Waals surface area (Å²) in [7, 11) is -1.65. The van der Waals surface area contributed by atoms with Crippen molar-refractivity contribution in [2.24, 2.45) is 5.92 Å². The van der Waals surface area contributed by atoms with Gasteiger partial charge in [-0.1, -0.05) is 29.8 Å². The molecule has 0 saturated carbocycles. The van der Waals surface area contributed by atoms with Crippen LogP contribution in [0, 0.1) is 5.92 Å². The summed E-state index contributed by atoms with van der Waals surface area (Å²) in [6, 6.07) is 10.8. The number of sulfonamides is 1. The van der Waals surface area contributed by atoms with Gasteiger partial charge in [0.1, 0.15) is 4.21 Å². The summed E-state index contributed by atoms with van der Waals surface area (Å²) < 4.78 is 27.0. The van der Waals surface area contributed by atoms with Crippen LogP contribution in [0.3, 0.4) is 0 Å². The fourth-order valence-corrected chi connectivity index (χ4v) is 6.01. The number of halogens is 1. The largest absolute Gasteiger partial charge is 0.341 e. The van der Waals surface area contributed by atoms with E-state index in [4.69, 9.17) is 11.6 Å². The highest BCUT2D eigenvalue weighted by Gasteiger charge is 2.33. The van der Waals surface area contributed by atoms with Crippen molar-refractivity contribution in [2.45, 2.75) is 23.6 Å². The molecule has 0 spiro atoms. The molecule has 0 unspecified atom stereocenters. The van der Waals surface area contributed by atoms with Crippen LogP contribution in [0.1, 0.15) is 18.4 Å². The number of amides is 1. The van der Waals surface area contributed by atoms with Gasteiger partial charge in [0.25, 0.3) is 10.0 Å². The molecule has 1 aromatic heterocycles. The predicted octanol–water partition coefficient (Wildman–Crippen LogP) is 3.46. The first-order chi connectivity index (χ1) is 12.4. The monoisotopic (exact) mass is 412 g/mol. The summed E-state index contributed by atoms with van der Waals surface area (Å²) >= 11 is 7.21. The molecule has 2 aromatic rings. The van der Waals surface area contributed by atoms with Gasteiger partial charge in [-0.25, -0.2) is 8.42 Å². The van der Waals surface area contributed by atoms with Crippen molar-refractivity contribution in [3.8, 4) is 0 Å². The Kier molecular flexibility index (Phi) is 6.02. The summed E-state index contributed by atoms with van der Waals surface area (Å²) in [6.07, 6.45) is 1.09. The van der Waals surface area contributed by atoms with E-state index in [1.165, 1.54) is 15.6 Å². The van der Waals surface area contributed by atoms with Crippen LogP contribution >= 0.6 is 22.9 Å². The lowest BCUT2D eigenvalue weighted by Crippen LogP contribution is -2.43. The number of hydrogen-bond donors (Lipinski definition) is 0. The number of rotatable bonds is 5. The Morgan fingerprint density at radius 2 is 2.00 bits per heavy atom. The molecule has 1 amide bonds. The van der Waals surface area contributed by atoms with E-state index >= 15 is 0 Å². The molecule has 3 rings (SSSR count). The van der Waals surface area contributed by atoms with Gasteiger partial charge in [0.05, 0.1) is 0 Å². The van der Waals surface area contributed by atoms with Gasteiger partial charge in [0, 0.05) is 37.6 Å². The first-order valence-electron chi connectivity index (χ1n) is 8.41. The lowest BCUT2D eigenvalue weighted by Gasteiger charge is -2.32. The second kappa shape index (κ2) is 8.08. The summed E-state index contributed by atoms with van der Waals surface area (Å²) in [5.74, 6) is -0.0906. The minimum absolute atomic E-state index is 0.0538. The number of benzene rings is 1. The maximum absolute atomic E-state index is 12.7. The van der Waals surface area contributed by atoms with Crippen LogP contribution in [-0.2, 0) is 21.4 Å². The fraction of sp³-hybridized carbons (Fsp3) is 0.389. The zero-order valence-electron chi connectivity index (χ0n) is 14.5. The molecule has 0 bridgehead atoms. The Morgan fingerprint density at radius 1 is 1.27 bits per heavy atom. The molecule has 140 valence electrons. The Hall–Kier alpha value is -1.41. The van der Waals surface area contributed by atoms with Crippen molar-refractivity contribution in [3.63, 3.8) is 0 Å². The Balaban J connectivity index is 1.58. The van der Waals surface area contributed by atoms with Gasteiger partial charge in [-0.3, -0.25) is 4.79 Å². The van der Waals surface area contributed by atoms with Gasteiger partial charge in [-0.2, -0.15) is 4.31 Å². The van der Waals surface area contributed by atoms with E-state index in [1.54, 1.807) is 35.5 Å². The molecular formula is C18H21ClN2O3S2. The van der Waals surface area contributed by atoms with E-state index in [-0.39, 0.29) is 11.8 Å². The minimum atomic E-state index is -3.43. The quantitative estimate of drug-likeness (QED) is 0.755. The fourth-order valence-electron chi connectivity index (χ4n) is 3.18. The SMILES string of the molecule is CN(Cc1cccc(Cl)c1)C(=O)C1CCN(S(=O)(=O)c2cccs2)CC1. The van der Waals surface area contributed by atoms with Crippen molar-refractivity contribution >= 4 is 38.9 Å². The minimum Gasteiger partial charge on any atom is -0.341 e. The van der Waals surface area contributed by atoms with Gasteiger partial charge in [0.15, 0.2) is 0 Å². The summed E-state index contributed by atoms with van der Waals surface area (Å²) in [4.78, 5) is 14.4.